The van der Waals surface area contributed by atoms with Gasteiger partial charge in [0.15, 0.2) is 0 Å². The summed E-state index contributed by atoms with van der Waals surface area (Å²) in [5.41, 5.74) is 6.33. The monoisotopic (exact) mass is 219 g/mol. The Morgan fingerprint density at radius 3 is 2.36 bits per heavy atom. The molecule has 1 aliphatic rings. The van der Waals surface area contributed by atoms with Crippen LogP contribution in [0.4, 0.5) is 0 Å². The summed E-state index contributed by atoms with van der Waals surface area (Å²) in [5.74, 6) is 0. The van der Waals surface area contributed by atoms with Gasteiger partial charge in [-0.25, -0.2) is 0 Å². The normalized spacial score (nSPS) is 22.4. The number of rotatable bonds is 4. The van der Waals surface area contributed by atoms with E-state index in [2.05, 4.69) is 15.9 Å². The molecule has 0 aromatic rings. The maximum atomic E-state index is 5.79. The van der Waals surface area contributed by atoms with Crippen LogP contribution in [0.1, 0.15) is 38.5 Å². The topological polar surface area (TPSA) is 26.0 Å². The Balaban J connectivity index is 2.33. The predicted molar refractivity (Wildman–Crippen MR) is 53.0 cm³/mol. The molecule has 66 valence electrons. The lowest BCUT2D eigenvalue weighted by atomic mass is 9.82. The van der Waals surface area contributed by atoms with E-state index in [1.54, 1.807) is 0 Å². The van der Waals surface area contributed by atoms with E-state index in [4.69, 9.17) is 5.73 Å². The van der Waals surface area contributed by atoms with Crippen molar-refractivity contribution in [2.24, 2.45) is 11.1 Å². The minimum atomic E-state index is 0.535. The van der Waals surface area contributed by atoms with Gasteiger partial charge in [0.2, 0.25) is 0 Å². The minimum absolute atomic E-state index is 0.535. The number of hydrogen-bond donors (Lipinski definition) is 1. The zero-order valence-corrected chi connectivity index (χ0v) is 8.70. The van der Waals surface area contributed by atoms with Crippen molar-refractivity contribution >= 4 is 15.9 Å². The van der Waals surface area contributed by atoms with Gasteiger partial charge < -0.3 is 5.73 Å². The number of nitrogens with two attached hydrogens (primary N) is 1. The Kier molecular flexibility index (Phi) is 3.86. The van der Waals surface area contributed by atoms with E-state index in [1.807, 2.05) is 0 Å². The molecule has 0 saturated heterocycles. The van der Waals surface area contributed by atoms with Crippen LogP contribution in [0.2, 0.25) is 0 Å². The average molecular weight is 220 g/mol. The fraction of sp³-hybridized carbons (Fsp3) is 1.00. The van der Waals surface area contributed by atoms with Crippen LogP contribution in [0.3, 0.4) is 0 Å². The van der Waals surface area contributed by atoms with Crippen LogP contribution in [0, 0.1) is 5.41 Å². The summed E-state index contributed by atoms with van der Waals surface area (Å²) in [5, 5.41) is 1.13. The van der Waals surface area contributed by atoms with E-state index >= 15 is 0 Å². The third-order valence-electron chi connectivity index (χ3n) is 2.94. The van der Waals surface area contributed by atoms with Crippen molar-refractivity contribution in [2.45, 2.75) is 38.5 Å². The van der Waals surface area contributed by atoms with Crippen molar-refractivity contribution in [1.29, 1.82) is 0 Å². The number of halogens is 1. The highest BCUT2D eigenvalue weighted by molar-refractivity contribution is 9.09. The van der Waals surface area contributed by atoms with Crippen LogP contribution in [-0.2, 0) is 0 Å². The molecule has 0 amide bonds. The van der Waals surface area contributed by atoms with Crippen molar-refractivity contribution in [2.75, 3.05) is 11.9 Å². The van der Waals surface area contributed by atoms with E-state index in [0.29, 0.717) is 5.41 Å². The Labute approximate surface area is 77.9 Å². The first-order valence-electron chi connectivity index (χ1n) is 4.59. The van der Waals surface area contributed by atoms with E-state index in [1.165, 1.54) is 38.5 Å². The molecule has 0 atom stereocenters. The molecular formula is C9H18BrN. The summed E-state index contributed by atoms with van der Waals surface area (Å²) >= 11 is 3.47. The molecular weight excluding hydrogens is 202 g/mol. The molecule has 1 fully saturated rings. The van der Waals surface area contributed by atoms with Crippen LogP contribution >= 0.6 is 15.9 Å². The van der Waals surface area contributed by atoms with Crippen molar-refractivity contribution in [3.8, 4) is 0 Å². The second-order valence-electron chi connectivity index (χ2n) is 3.70. The largest absolute Gasteiger partial charge is 0.330 e. The van der Waals surface area contributed by atoms with Gasteiger partial charge >= 0.3 is 0 Å². The van der Waals surface area contributed by atoms with Gasteiger partial charge in [0.1, 0.15) is 0 Å². The highest BCUT2D eigenvalue weighted by Crippen LogP contribution is 2.40. The molecule has 11 heavy (non-hydrogen) atoms. The van der Waals surface area contributed by atoms with Crippen molar-refractivity contribution < 1.29 is 0 Å². The zero-order chi connectivity index (χ0) is 8.16. The fourth-order valence-corrected chi connectivity index (χ4v) is 2.40. The van der Waals surface area contributed by atoms with Gasteiger partial charge in [0, 0.05) is 5.33 Å². The molecule has 0 spiro atoms. The Bertz CT molecular complexity index is 108. The maximum absolute atomic E-state index is 5.79. The molecule has 1 rings (SSSR count). The molecule has 0 bridgehead atoms. The molecule has 0 heterocycles. The first kappa shape index (κ1) is 9.53. The molecule has 1 saturated carbocycles. The Morgan fingerprint density at radius 1 is 1.27 bits per heavy atom. The second-order valence-corrected chi connectivity index (χ2v) is 4.50. The highest BCUT2D eigenvalue weighted by Gasteiger charge is 2.31. The van der Waals surface area contributed by atoms with E-state index in [-0.39, 0.29) is 0 Å². The quantitative estimate of drug-likeness (QED) is 0.724. The molecule has 2 heteroatoms. The molecule has 0 unspecified atom stereocenters. The highest BCUT2D eigenvalue weighted by atomic mass is 79.9. The minimum Gasteiger partial charge on any atom is -0.330 e. The van der Waals surface area contributed by atoms with Crippen LogP contribution < -0.4 is 5.73 Å². The van der Waals surface area contributed by atoms with Gasteiger partial charge in [-0.1, -0.05) is 28.8 Å². The van der Waals surface area contributed by atoms with Gasteiger partial charge in [-0.15, -0.1) is 0 Å². The summed E-state index contributed by atoms with van der Waals surface area (Å²) in [6, 6.07) is 0. The maximum Gasteiger partial charge on any atom is 0.00315 e. The smallest absolute Gasteiger partial charge is 0.00315 e. The molecule has 0 aliphatic heterocycles. The number of alkyl halides is 1. The van der Waals surface area contributed by atoms with Gasteiger partial charge in [-0.05, 0) is 37.6 Å². The van der Waals surface area contributed by atoms with Crippen LogP contribution in [0.15, 0.2) is 0 Å². The standard InChI is InChI=1S/C9H18BrN/c10-7-3-6-9(8-11)4-1-2-5-9/h1-8,11H2. The average Bonchev–Trinajstić information content (AvgIpc) is 2.50. The van der Waals surface area contributed by atoms with Crippen LogP contribution in [0.5, 0.6) is 0 Å². The summed E-state index contributed by atoms with van der Waals surface area (Å²) in [7, 11) is 0. The SMILES string of the molecule is NCC1(CCCBr)CCCC1. The second kappa shape index (κ2) is 4.46. The predicted octanol–water partition coefficient (Wildman–Crippen LogP) is 2.68. The van der Waals surface area contributed by atoms with E-state index in [0.717, 1.165) is 11.9 Å². The van der Waals surface area contributed by atoms with Gasteiger partial charge in [-0.3, -0.25) is 0 Å². The fourth-order valence-electron chi connectivity index (χ4n) is 2.12. The van der Waals surface area contributed by atoms with Gasteiger partial charge in [0.05, 0.1) is 0 Å². The first-order chi connectivity index (χ1) is 5.33. The van der Waals surface area contributed by atoms with Crippen molar-refractivity contribution in [1.82, 2.24) is 0 Å². The summed E-state index contributed by atoms with van der Waals surface area (Å²) in [6.07, 6.45) is 8.16. The molecule has 1 aliphatic carbocycles. The van der Waals surface area contributed by atoms with Crippen molar-refractivity contribution in [3.63, 3.8) is 0 Å². The molecule has 0 radical (unpaired) electrons. The molecule has 2 N–H and O–H groups in total. The third-order valence-corrected chi connectivity index (χ3v) is 3.50. The summed E-state index contributed by atoms with van der Waals surface area (Å²) < 4.78 is 0. The summed E-state index contributed by atoms with van der Waals surface area (Å²) in [6.45, 7) is 0.903. The molecule has 0 aromatic heterocycles. The lowest BCUT2D eigenvalue weighted by molar-refractivity contribution is 0.281. The van der Waals surface area contributed by atoms with Crippen LogP contribution in [-0.4, -0.2) is 11.9 Å². The lowest BCUT2D eigenvalue weighted by Gasteiger charge is -2.26. The Morgan fingerprint density at radius 2 is 1.91 bits per heavy atom. The molecule has 0 aromatic carbocycles. The Hall–Kier alpha value is 0.440. The van der Waals surface area contributed by atoms with Gasteiger partial charge in [0.25, 0.3) is 0 Å². The lowest BCUT2D eigenvalue weighted by Crippen LogP contribution is -2.27. The summed E-state index contributed by atoms with van der Waals surface area (Å²) in [4.78, 5) is 0. The first-order valence-corrected chi connectivity index (χ1v) is 5.71. The molecule has 1 nitrogen and oxygen atoms in total. The van der Waals surface area contributed by atoms with E-state index in [9.17, 15) is 0 Å². The number of hydrogen-bond acceptors (Lipinski definition) is 1. The van der Waals surface area contributed by atoms with Crippen molar-refractivity contribution in [3.05, 3.63) is 0 Å². The van der Waals surface area contributed by atoms with E-state index < -0.39 is 0 Å². The third kappa shape index (κ3) is 2.45. The zero-order valence-electron chi connectivity index (χ0n) is 7.11. The van der Waals surface area contributed by atoms with Gasteiger partial charge in [-0.2, -0.15) is 0 Å². The van der Waals surface area contributed by atoms with Crippen LogP contribution in [0.25, 0.3) is 0 Å².